The highest BCUT2D eigenvalue weighted by Crippen LogP contribution is 2.47. The van der Waals surface area contributed by atoms with Crippen molar-refractivity contribution in [2.24, 2.45) is 5.92 Å². The summed E-state index contributed by atoms with van der Waals surface area (Å²) in [7, 11) is 0. The standard InChI is InChI=1S/C30H28F4N4O5/c31-21-13-17-10-11-22(38(17)28-26(29(39)40)37-12-4-3-7-24(37)35-28)19(21)14-41-15-20-25(36-43-27(20)16-8-9-16)18-5-1-2-6-23(18)42-30(32,33)34/h1-7,12,16-17,19,21-22H,8-11,13-15H2,(H,39,40). The van der Waals surface area contributed by atoms with E-state index < -0.39 is 30.2 Å². The number of fused-ring (bicyclic) bond motifs is 3. The van der Waals surface area contributed by atoms with E-state index in [1.807, 2.05) is 4.90 Å². The van der Waals surface area contributed by atoms with E-state index in [-0.39, 0.29) is 54.6 Å². The van der Waals surface area contributed by atoms with E-state index in [1.165, 1.54) is 22.6 Å². The molecule has 5 heterocycles. The Balaban J connectivity index is 1.15. The number of benzene rings is 1. The highest BCUT2D eigenvalue weighted by atomic mass is 19.4. The van der Waals surface area contributed by atoms with Gasteiger partial charge in [-0.1, -0.05) is 23.4 Å². The summed E-state index contributed by atoms with van der Waals surface area (Å²) in [6.07, 6.45) is -1.13. The molecule has 4 atom stereocenters. The van der Waals surface area contributed by atoms with E-state index in [2.05, 4.69) is 14.9 Å². The lowest BCUT2D eigenvalue weighted by Crippen LogP contribution is -2.52. The molecule has 3 aromatic heterocycles. The van der Waals surface area contributed by atoms with Crippen molar-refractivity contribution in [3.63, 3.8) is 0 Å². The van der Waals surface area contributed by atoms with Crippen LogP contribution in [0.3, 0.4) is 0 Å². The normalized spacial score (nSPS) is 23.7. The molecule has 2 aliphatic heterocycles. The number of carboxylic acid groups (broad SMARTS) is 1. The summed E-state index contributed by atoms with van der Waals surface area (Å²) in [4.78, 5) is 18.9. The number of hydrogen-bond donors (Lipinski definition) is 1. The Morgan fingerprint density at radius 1 is 1.09 bits per heavy atom. The number of nitrogens with zero attached hydrogens (tertiary/aromatic N) is 4. The van der Waals surface area contributed by atoms with Crippen molar-refractivity contribution in [1.82, 2.24) is 14.5 Å². The van der Waals surface area contributed by atoms with Gasteiger partial charge in [0.05, 0.1) is 13.2 Å². The van der Waals surface area contributed by atoms with Gasteiger partial charge in [-0.3, -0.25) is 4.40 Å². The molecule has 13 heteroatoms. The number of ether oxygens (including phenoxy) is 2. The maximum absolute atomic E-state index is 15.6. The van der Waals surface area contributed by atoms with Gasteiger partial charge in [-0.05, 0) is 56.4 Å². The molecule has 1 aromatic carbocycles. The number of aromatic nitrogens is 3. The van der Waals surface area contributed by atoms with Crippen LogP contribution in [0.5, 0.6) is 5.75 Å². The number of alkyl halides is 4. The number of piperidine rings is 1. The molecule has 0 spiro atoms. The van der Waals surface area contributed by atoms with Gasteiger partial charge in [0.1, 0.15) is 29.0 Å². The molecule has 43 heavy (non-hydrogen) atoms. The minimum atomic E-state index is -4.89. The van der Waals surface area contributed by atoms with Crippen molar-refractivity contribution in [3.8, 4) is 17.0 Å². The Bertz CT molecular complexity index is 1670. The number of hydrogen-bond acceptors (Lipinski definition) is 7. The number of carboxylic acids is 1. The second-order valence-corrected chi connectivity index (χ2v) is 11.3. The van der Waals surface area contributed by atoms with Crippen molar-refractivity contribution in [1.29, 1.82) is 0 Å². The average molecular weight is 601 g/mol. The van der Waals surface area contributed by atoms with Gasteiger partial charge in [-0.15, -0.1) is 13.2 Å². The highest BCUT2D eigenvalue weighted by Gasteiger charge is 2.49. The molecule has 3 aliphatic rings. The van der Waals surface area contributed by atoms with Gasteiger partial charge < -0.3 is 24.0 Å². The minimum Gasteiger partial charge on any atom is -0.476 e. The zero-order chi connectivity index (χ0) is 29.9. The van der Waals surface area contributed by atoms with E-state index in [0.717, 1.165) is 12.8 Å². The van der Waals surface area contributed by atoms with Crippen LogP contribution in [0.4, 0.5) is 23.4 Å². The minimum absolute atomic E-state index is 0.0141. The quantitative estimate of drug-likeness (QED) is 0.221. The Labute approximate surface area is 243 Å². The first kappa shape index (κ1) is 27.7. The lowest BCUT2D eigenvalue weighted by molar-refractivity contribution is -0.274. The summed E-state index contributed by atoms with van der Waals surface area (Å²) < 4.78 is 72.4. The van der Waals surface area contributed by atoms with Crippen molar-refractivity contribution in [3.05, 3.63) is 65.7 Å². The molecule has 1 saturated carbocycles. The Kier molecular flexibility index (Phi) is 6.79. The van der Waals surface area contributed by atoms with Crippen LogP contribution in [0.2, 0.25) is 0 Å². The van der Waals surface area contributed by atoms with Crippen LogP contribution in [0.25, 0.3) is 16.9 Å². The lowest BCUT2D eigenvalue weighted by atomic mass is 9.89. The molecular formula is C30H28F4N4O5. The fourth-order valence-corrected chi connectivity index (χ4v) is 6.66. The third kappa shape index (κ3) is 5.09. The van der Waals surface area contributed by atoms with Gasteiger partial charge in [-0.25, -0.2) is 14.2 Å². The van der Waals surface area contributed by atoms with Crippen molar-refractivity contribution >= 4 is 17.4 Å². The van der Waals surface area contributed by atoms with E-state index in [0.29, 0.717) is 35.6 Å². The first-order valence-electron chi connectivity index (χ1n) is 14.2. The molecule has 1 aliphatic carbocycles. The van der Waals surface area contributed by atoms with Crippen LogP contribution < -0.4 is 9.64 Å². The number of imidazole rings is 1. The Morgan fingerprint density at radius 2 is 1.88 bits per heavy atom. The first-order chi connectivity index (χ1) is 20.7. The summed E-state index contributed by atoms with van der Waals surface area (Å²) >= 11 is 0. The van der Waals surface area contributed by atoms with E-state index in [9.17, 15) is 23.1 Å². The van der Waals surface area contributed by atoms with E-state index in [1.54, 1.807) is 30.5 Å². The Morgan fingerprint density at radius 3 is 2.65 bits per heavy atom. The van der Waals surface area contributed by atoms with E-state index >= 15 is 4.39 Å². The topological polar surface area (TPSA) is 102 Å². The summed E-state index contributed by atoms with van der Waals surface area (Å²) in [5.41, 5.74) is 1.36. The SMILES string of the molecule is O=C(O)c1c(N2C3CCC2C(COCc2c(-c4ccccc4OC(F)(F)F)noc2C2CC2)C(F)C3)nc2ccccn12. The third-order valence-corrected chi connectivity index (χ3v) is 8.65. The Hall–Kier alpha value is -4.13. The summed E-state index contributed by atoms with van der Waals surface area (Å²) in [6, 6.07) is 10.4. The maximum atomic E-state index is 15.6. The number of aromatic carboxylic acids is 1. The van der Waals surface area contributed by atoms with E-state index in [4.69, 9.17) is 9.26 Å². The average Bonchev–Trinajstić information content (AvgIpc) is 3.47. The summed E-state index contributed by atoms with van der Waals surface area (Å²) in [6.45, 7) is -0.0284. The number of halogens is 4. The molecule has 4 aromatic rings. The zero-order valence-electron chi connectivity index (χ0n) is 22.8. The zero-order valence-corrected chi connectivity index (χ0v) is 22.8. The monoisotopic (exact) mass is 600 g/mol. The number of pyridine rings is 1. The van der Waals surface area contributed by atoms with Crippen LogP contribution in [0.15, 0.2) is 53.2 Å². The smallest absolute Gasteiger partial charge is 0.476 e. The number of anilines is 1. The second-order valence-electron chi connectivity index (χ2n) is 11.3. The fourth-order valence-electron chi connectivity index (χ4n) is 6.66. The van der Waals surface area contributed by atoms with Gasteiger partial charge in [0.25, 0.3) is 0 Å². The number of rotatable bonds is 9. The molecule has 0 amide bonds. The molecule has 9 nitrogen and oxygen atoms in total. The van der Waals surface area contributed by atoms with Crippen LogP contribution >= 0.6 is 0 Å². The summed E-state index contributed by atoms with van der Waals surface area (Å²) in [5.74, 6) is -1.13. The molecule has 3 fully saturated rings. The van der Waals surface area contributed by atoms with Crippen molar-refractivity contribution < 1.29 is 41.5 Å². The molecule has 4 unspecified atom stereocenters. The van der Waals surface area contributed by atoms with Gasteiger partial charge >= 0.3 is 12.3 Å². The van der Waals surface area contributed by atoms with Crippen LogP contribution in [-0.2, 0) is 11.3 Å². The van der Waals surface area contributed by atoms with Crippen LogP contribution in [0, 0.1) is 5.92 Å². The highest BCUT2D eigenvalue weighted by molar-refractivity contribution is 5.93. The fraction of sp³-hybridized carbons (Fsp3) is 0.433. The molecule has 226 valence electrons. The van der Waals surface area contributed by atoms with Gasteiger partial charge in [-0.2, -0.15) is 0 Å². The van der Waals surface area contributed by atoms with Crippen LogP contribution in [-0.4, -0.2) is 56.8 Å². The van der Waals surface area contributed by atoms with Crippen molar-refractivity contribution in [2.45, 2.75) is 69.2 Å². The van der Waals surface area contributed by atoms with Crippen molar-refractivity contribution in [2.75, 3.05) is 11.5 Å². The van der Waals surface area contributed by atoms with Gasteiger partial charge in [0.15, 0.2) is 11.5 Å². The molecule has 2 saturated heterocycles. The molecule has 1 N–H and O–H groups in total. The molecule has 2 bridgehead atoms. The van der Waals surface area contributed by atoms with Gasteiger partial charge in [0.2, 0.25) is 0 Å². The first-order valence-corrected chi connectivity index (χ1v) is 14.2. The molecule has 7 rings (SSSR count). The predicted octanol–water partition coefficient (Wildman–Crippen LogP) is 6.38. The number of para-hydroxylation sites is 1. The molecular weight excluding hydrogens is 572 g/mol. The lowest BCUT2D eigenvalue weighted by Gasteiger charge is -2.42. The third-order valence-electron chi connectivity index (χ3n) is 8.65. The summed E-state index contributed by atoms with van der Waals surface area (Å²) in [5, 5.41) is 14.2. The predicted molar refractivity (Wildman–Crippen MR) is 145 cm³/mol. The number of carbonyl (C=O) groups is 1. The largest absolute Gasteiger partial charge is 0.573 e. The van der Waals surface area contributed by atoms with Crippen LogP contribution in [0.1, 0.15) is 59.8 Å². The second kappa shape index (κ2) is 10.5. The maximum Gasteiger partial charge on any atom is 0.573 e. The van der Waals surface area contributed by atoms with Gasteiger partial charge in [0, 0.05) is 41.2 Å². The molecule has 0 radical (unpaired) electrons.